The highest BCUT2D eigenvalue weighted by Crippen LogP contribution is 2.12. The molecule has 0 aromatic heterocycles. The Morgan fingerprint density at radius 1 is 1.20 bits per heavy atom. The van der Waals surface area contributed by atoms with Crippen LogP contribution >= 0.6 is 15.9 Å². The van der Waals surface area contributed by atoms with Crippen LogP contribution in [0.1, 0.15) is 39.5 Å². The lowest BCUT2D eigenvalue weighted by Gasteiger charge is -2.21. The quantitative estimate of drug-likeness (QED) is 0.390. The Morgan fingerprint density at radius 2 is 1.80 bits per heavy atom. The van der Waals surface area contributed by atoms with Crippen LogP contribution in [0.5, 0.6) is 0 Å². The summed E-state index contributed by atoms with van der Waals surface area (Å²) in [5, 5.41) is 1.06. The Labute approximate surface area is 101 Å². The molecule has 3 nitrogen and oxygen atoms in total. The lowest BCUT2D eigenvalue weighted by molar-refractivity contribution is -0.165. The number of rotatable bonds is 8. The van der Waals surface area contributed by atoms with Gasteiger partial charge in [-0.15, -0.1) is 0 Å². The molecule has 0 aliphatic heterocycles. The monoisotopic (exact) mass is 280 g/mol. The number of esters is 1. The molecule has 90 valence electrons. The molecule has 0 rings (SSSR count). The van der Waals surface area contributed by atoms with Crippen LogP contribution in [0.2, 0.25) is 0 Å². The van der Waals surface area contributed by atoms with Crippen molar-refractivity contribution in [3.05, 3.63) is 0 Å². The molecule has 0 heterocycles. The molecular weight excluding hydrogens is 260 g/mol. The molecule has 0 aromatic rings. The van der Waals surface area contributed by atoms with E-state index in [0.717, 1.165) is 18.2 Å². The van der Waals surface area contributed by atoms with Gasteiger partial charge in [0.2, 0.25) is 0 Å². The van der Waals surface area contributed by atoms with Crippen LogP contribution in [0.15, 0.2) is 0 Å². The van der Waals surface area contributed by atoms with Crippen molar-refractivity contribution in [1.29, 1.82) is 0 Å². The number of carbonyl (C=O) groups is 1. The molecule has 0 saturated carbocycles. The van der Waals surface area contributed by atoms with Gasteiger partial charge in [-0.25, -0.2) is 4.79 Å². The molecule has 0 aliphatic rings. The lowest BCUT2D eigenvalue weighted by Crippen LogP contribution is -2.36. The Kier molecular flexibility index (Phi) is 8.06. The fraction of sp³-hybridized carbons (Fsp3) is 0.909. The van der Waals surface area contributed by atoms with E-state index < -0.39 is 5.60 Å². The summed E-state index contributed by atoms with van der Waals surface area (Å²) in [7, 11) is 1.38. The number of halogens is 1. The predicted molar refractivity (Wildman–Crippen MR) is 64.3 cm³/mol. The number of ether oxygens (including phenoxy) is 2. The topological polar surface area (TPSA) is 35.5 Å². The zero-order valence-corrected chi connectivity index (χ0v) is 11.4. The predicted octanol–water partition coefficient (Wildman–Crippen LogP) is 2.91. The molecule has 0 fully saturated rings. The maximum Gasteiger partial charge on any atom is 0.337 e. The average Bonchev–Trinajstić information content (AvgIpc) is 2.22. The van der Waals surface area contributed by atoms with Crippen LogP contribution in [0.25, 0.3) is 0 Å². The van der Waals surface area contributed by atoms with Gasteiger partial charge in [-0.3, -0.25) is 0 Å². The van der Waals surface area contributed by atoms with Crippen LogP contribution in [0.3, 0.4) is 0 Å². The first-order valence-corrected chi connectivity index (χ1v) is 6.45. The van der Waals surface area contributed by atoms with E-state index in [1.165, 1.54) is 20.0 Å². The smallest absolute Gasteiger partial charge is 0.337 e. The number of methoxy groups -OCH3 is 1. The zero-order valence-electron chi connectivity index (χ0n) is 9.85. The molecule has 0 N–H and O–H groups in total. The summed E-state index contributed by atoms with van der Waals surface area (Å²) in [5.74, 6) is -0.317. The Bertz CT molecular complexity index is 181. The molecule has 0 aliphatic carbocycles. The Hall–Kier alpha value is -0.0900. The number of alkyl halides is 1. The average molecular weight is 281 g/mol. The minimum atomic E-state index is -0.815. The minimum absolute atomic E-state index is 0.317. The lowest BCUT2D eigenvalue weighted by atomic mass is 10.1. The SMILES string of the molecule is COC(=O)C(C)(C)OCCCCCCBr. The summed E-state index contributed by atoms with van der Waals surface area (Å²) < 4.78 is 10.1. The van der Waals surface area contributed by atoms with Gasteiger partial charge in [0.15, 0.2) is 5.60 Å². The van der Waals surface area contributed by atoms with Crippen molar-refractivity contribution in [3.8, 4) is 0 Å². The maximum atomic E-state index is 11.2. The fourth-order valence-corrected chi connectivity index (χ4v) is 1.58. The molecular formula is C11H21BrO3. The molecule has 0 amide bonds. The van der Waals surface area contributed by atoms with Gasteiger partial charge in [0.05, 0.1) is 7.11 Å². The number of hydrogen-bond donors (Lipinski definition) is 0. The van der Waals surface area contributed by atoms with E-state index >= 15 is 0 Å². The van der Waals surface area contributed by atoms with Crippen molar-refractivity contribution in [2.75, 3.05) is 19.0 Å². The van der Waals surface area contributed by atoms with Crippen LogP contribution in [-0.2, 0) is 14.3 Å². The second-order valence-corrected chi connectivity index (χ2v) is 4.75. The van der Waals surface area contributed by atoms with Crippen molar-refractivity contribution in [2.45, 2.75) is 45.1 Å². The van der Waals surface area contributed by atoms with E-state index in [4.69, 9.17) is 4.74 Å². The van der Waals surface area contributed by atoms with Crippen molar-refractivity contribution < 1.29 is 14.3 Å². The third-order valence-electron chi connectivity index (χ3n) is 2.17. The van der Waals surface area contributed by atoms with Crippen LogP contribution in [-0.4, -0.2) is 30.6 Å². The summed E-state index contributed by atoms with van der Waals surface area (Å²) in [6, 6.07) is 0. The van der Waals surface area contributed by atoms with E-state index in [9.17, 15) is 4.79 Å². The maximum absolute atomic E-state index is 11.2. The van der Waals surface area contributed by atoms with E-state index in [-0.39, 0.29) is 5.97 Å². The van der Waals surface area contributed by atoms with Gasteiger partial charge in [0.25, 0.3) is 0 Å². The van der Waals surface area contributed by atoms with Gasteiger partial charge < -0.3 is 9.47 Å². The van der Waals surface area contributed by atoms with Gasteiger partial charge >= 0.3 is 5.97 Å². The third kappa shape index (κ3) is 6.90. The highest BCUT2D eigenvalue weighted by atomic mass is 79.9. The molecule has 0 saturated heterocycles. The first-order valence-electron chi connectivity index (χ1n) is 5.33. The highest BCUT2D eigenvalue weighted by molar-refractivity contribution is 9.09. The van der Waals surface area contributed by atoms with Gasteiger partial charge in [-0.05, 0) is 26.7 Å². The van der Waals surface area contributed by atoms with Gasteiger partial charge in [0, 0.05) is 11.9 Å². The van der Waals surface area contributed by atoms with Gasteiger partial charge in [0.1, 0.15) is 0 Å². The Balaban J connectivity index is 3.53. The largest absolute Gasteiger partial charge is 0.467 e. The molecule has 0 bridgehead atoms. The summed E-state index contributed by atoms with van der Waals surface area (Å²) in [4.78, 5) is 11.2. The first kappa shape index (κ1) is 14.9. The van der Waals surface area contributed by atoms with Crippen molar-refractivity contribution in [1.82, 2.24) is 0 Å². The summed E-state index contributed by atoms with van der Waals surface area (Å²) in [6.45, 7) is 4.08. The third-order valence-corrected chi connectivity index (χ3v) is 2.73. The molecule has 15 heavy (non-hydrogen) atoms. The van der Waals surface area contributed by atoms with Crippen molar-refractivity contribution in [2.24, 2.45) is 0 Å². The van der Waals surface area contributed by atoms with Gasteiger partial charge in [-0.1, -0.05) is 28.8 Å². The van der Waals surface area contributed by atoms with E-state index in [1.54, 1.807) is 13.8 Å². The number of hydrogen-bond acceptors (Lipinski definition) is 3. The van der Waals surface area contributed by atoms with Crippen LogP contribution in [0.4, 0.5) is 0 Å². The zero-order chi connectivity index (χ0) is 11.7. The molecule has 0 aromatic carbocycles. The molecule has 0 atom stereocenters. The molecule has 4 heteroatoms. The number of carbonyl (C=O) groups excluding carboxylic acids is 1. The number of unbranched alkanes of at least 4 members (excludes halogenated alkanes) is 3. The second-order valence-electron chi connectivity index (χ2n) is 3.95. The van der Waals surface area contributed by atoms with Crippen molar-refractivity contribution in [3.63, 3.8) is 0 Å². The summed E-state index contributed by atoms with van der Waals surface area (Å²) in [5.41, 5.74) is -0.815. The van der Waals surface area contributed by atoms with E-state index in [0.29, 0.717) is 6.61 Å². The molecule has 0 unspecified atom stereocenters. The van der Waals surface area contributed by atoms with E-state index in [2.05, 4.69) is 20.7 Å². The second kappa shape index (κ2) is 8.11. The van der Waals surface area contributed by atoms with Gasteiger partial charge in [-0.2, -0.15) is 0 Å². The summed E-state index contributed by atoms with van der Waals surface area (Å²) >= 11 is 3.39. The Morgan fingerprint density at radius 3 is 2.33 bits per heavy atom. The first-order chi connectivity index (χ1) is 7.04. The fourth-order valence-electron chi connectivity index (χ4n) is 1.18. The molecule has 0 radical (unpaired) electrons. The normalized spacial score (nSPS) is 11.5. The van der Waals surface area contributed by atoms with Crippen LogP contribution in [0, 0.1) is 0 Å². The van der Waals surface area contributed by atoms with Crippen LogP contribution < -0.4 is 0 Å². The standard InChI is InChI=1S/C11H21BrO3/c1-11(2,10(13)14-3)15-9-7-5-4-6-8-12/h4-9H2,1-3H3. The highest BCUT2D eigenvalue weighted by Gasteiger charge is 2.29. The molecule has 0 spiro atoms. The summed E-state index contributed by atoms with van der Waals surface area (Å²) in [6.07, 6.45) is 4.53. The van der Waals surface area contributed by atoms with Crippen molar-refractivity contribution >= 4 is 21.9 Å². The minimum Gasteiger partial charge on any atom is -0.467 e. The van der Waals surface area contributed by atoms with E-state index in [1.807, 2.05) is 0 Å².